The lowest BCUT2D eigenvalue weighted by Gasteiger charge is -2.05. The van der Waals surface area contributed by atoms with E-state index in [-0.39, 0.29) is 0 Å². The van der Waals surface area contributed by atoms with E-state index >= 15 is 0 Å². The number of anilines is 1. The molecule has 0 saturated carbocycles. The first-order valence-corrected chi connectivity index (χ1v) is 7.26. The van der Waals surface area contributed by atoms with Crippen LogP contribution in [-0.2, 0) is 0 Å². The molecule has 0 aliphatic carbocycles. The molecule has 0 aliphatic rings. The lowest BCUT2D eigenvalue weighted by atomic mass is 10.1. The highest BCUT2D eigenvalue weighted by Gasteiger charge is 2.01. The molecule has 2 aromatic heterocycles. The molecule has 1 aromatic carbocycles. The van der Waals surface area contributed by atoms with Gasteiger partial charge in [0.15, 0.2) is 0 Å². The standard InChI is InChI=1S/C16H15N3S/c1-11-9-16(18-15-6-4-3-5-14(11)15)19-17-10-13-8-7-12(2)20-13/h3-10H,1-2H3,(H,18,19)/b17-10+. The number of fused-ring (bicyclic) bond motifs is 1. The fourth-order valence-electron chi connectivity index (χ4n) is 2.09. The number of aromatic nitrogens is 1. The molecule has 0 spiro atoms. The van der Waals surface area contributed by atoms with Crippen LogP contribution in [0.1, 0.15) is 15.3 Å². The molecule has 0 amide bonds. The van der Waals surface area contributed by atoms with Gasteiger partial charge < -0.3 is 0 Å². The topological polar surface area (TPSA) is 37.3 Å². The molecule has 0 saturated heterocycles. The number of rotatable bonds is 3. The zero-order valence-electron chi connectivity index (χ0n) is 11.4. The summed E-state index contributed by atoms with van der Waals surface area (Å²) in [5.41, 5.74) is 5.18. The van der Waals surface area contributed by atoms with E-state index in [1.54, 1.807) is 11.3 Å². The van der Waals surface area contributed by atoms with Crippen LogP contribution < -0.4 is 5.43 Å². The monoisotopic (exact) mass is 281 g/mol. The lowest BCUT2D eigenvalue weighted by molar-refractivity contribution is 1.25. The second-order valence-electron chi connectivity index (χ2n) is 4.66. The van der Waals surface area contributed by atoms with Gasteiger partial charge in [-0.25, -0.2) is 4.98 Å². The molecule has 0 atom stereocenters. The number of aryl methyl sites for hydroxylation is 2. The van der Waals surface area contributed by atoms with Gasteiger partial charge in [-0.05, 0) is 43.7 Å². The van der Waals surface area contributed by atoms with Crippen LogP contribution in [0.5, 0.6) is 0 Å². The normalized spacial score (nSPS) is 11.3. The maximum Gasteiger partial charge on any atom is 0.147 e. The van der Waals surface area contributed by atoms with Gasteiger partial charge >= 0.3 is 0 Å². The van der Waals surface area contributed by atoms with Crippen molar-refractivity contribution < 1.29 is 0 Å². The summed E-state index contributed by atoms with van der Waals surface area (Å²) in [6.45, 7) is 4.17. The van der Waals surface area contributed by atoms with Crippen molar-refractivity contribution in [3.05, 3.63) is 57.8 Å². The first-order chi connectivity index (χ1) is 9.72. The van der Waals surface area contributed by atoms with Crippen LogP contribution in [0.3, 0.4) is 0 Å². The minimum atomic E-state index is 0.769. The summed E-state index contributed by atoms with van der Waals surface area (Å²) in [7, 11) is 0. The lowest BCUT2D eigenvalue weighted by Crippen LogP contribution is -1.94. The van der Waals surface area contributed by atoms with Crippen molar-refractivity contribution in [1.82, 2.24) is 4.98 Å². The van der Waals surface area contributed by atoms with Gasteiger partial charge in [0.25, 0.3) is 0 Å². The van der Waals surface area contributed by atoms with Crippen LogP contribution >= 0.6 is 11.3 Å². The molecule has 100 valence electrons. The Hall–Kier alpha value is -2.20. The van der Waals surface area contributed by atoms with Crippen molar-refractivity contribution in [3.8, 4) is 0 Å². The Morgan fingerprint density at radius 1 is 1.15 bits per heavy atom. The Balaban J connectivity index is 1.82. The van der Waals surface area contributed by atoms with Gasteiger partial charge in [0, 0.05) is 15.1 Å². The summed E-state index contributed by atoms with van der Waals surface area (Å²) in [6.07, 6.45) is 1.82. The molecule has 20 heavy (non-hydrogen) atoms. The average molecular weight is 281 g/mol. The number of para-hydroxylation sites is 1. The molecule has 3 rings (SSSR count). The second-order valence-corrected chi connectivity index (χ2v) is 5.98. The van der Waals surface area contributed by atoms with E-state index in [4.69, 9.17) is 0 Å². The third-order valence-electron chi connectivity index (χ3n) is 3.06. The van der Waals surface area contributed by atoms with Crippen LogP contribution in [-0.4, -0.2) is 11.2 Å². The molecule has 0 bridgehead atoms. The second kappa shape index (κ2) is 5.43. The van der Waals surface area contributed by atoms with Crippen molar-refractivity contribution in [2.75, 3.05) is 5.43 Å². The highest BCUT2D eigenvalue weighted by molar-refractivity contribution is 7.13. The van der Waals surface area contributed by atoms with E-state index in [1.165, 1.54) is 15.8 Å². The third kappa shape index (κ3) is 2.70. The van der Waals surface area contributed by atoms with Crippen LogP contribution in [0.4, 0.5) is 5.82 Å². The molecule has 4 heteroatoms. The number of hydrogen-bond donors (Lipinski definition) is 1. The smallest absolute Gasteiger partial charge is 0.147 e. The summed E-state index contributed by atoms with van der Waals surface area (Å²) in [5, 5.41) is 5.42. The quantitative estimate of drug-likeness (QED) is 0.572. The average Bonchev–Trinajstić information content (AvgIpc) is 2.85. The molecular weight excluding hydrogens is 266 g/mol. The van der Waals surface area contributed by atoms with Crippen LogP contribution in [0.25, 0.3) is 10.9 Å². The summed E-state index contributed by atoms with van der Waals surface area (Å²) < 4.78 is 0. The number of nitrogens with zero attached hydrogens (tertiary/aromatic N) is 2. The number of hydrogen-bond acceptors (Lipinski definition) is 4. The Bertz CT molecular complexity index is 774. The first kappa shape index (κ1) is 12.8. The highest BCUT2D eigenvalue weighted by Crippen LogP contribution is 2.19. The SMILES string of the molecule is Cc1ccc(/C=N/Nc2cc(C)c3ccccc3n2)s1. The van der Waals surface area contributed by atoms with E-state index in [1.807, 2.05) is 30.5 Å². The Morgan fingerprint density at radius 2 is 2.00 bits per heavy atom. The predicted octanol–water partition coefficient (Wildman–Crippen LogP) is 4.36. The first-order valence-electron chi connectivity index (χ1n) is 6.44. The number of benzene rings is 1. The number of hydrazone groups is 1. The van der Waals surface area contributed by atoms with Crippen molar-refractivity contribution in [3.63, 3.8) is 0 Å². The summed E-state index contributed by atoms with van der Waals surface area (Å²) in [6, 6.07) is 14.3. The molecule has 0 unspecified atom stereocenters. The summed E-state index contributed by atoms with van der Waals surface area (Å²) in [4.78, 5) is 6.97. The fourth-order valence-corrected chi connectivity index (χ4v) is 2.84. The molecule has 2 heterocycles. The Kier molecular flexibility index (Phi) is 3.48. The minimum absolute atomic E-state index is 0.769. The van der Waals surface area contributed by atoms with Crippen LogP contribution in [0, 0.1) is 13.8 Å². The highest BCUT2D eigenvalue weighted by atomic mass is 32.1. The minimum Gasteiger partial charge on any atom is -0.261 e. The molecule has 3 nitrogen and oxygen atoms in total. The largest absolute Gasteiger partial charge is 0.261 e. The van der Waals surface area contributed by atoms with E-state index < -0.39 is 0 Å². The summed E-state index contributed by atoms with van der Waals surface area (Å²) >= 11 is 1.72. The van der Waals surface area contributed by atoms with Crippen LogP contribution in [0.15, 0.2) is 47.6 Å². The van der Waals surface area contributed by atoms with E-state index in [9.17, 15) is 0 Å². The van der Waals surface area contributed by atoms with Crippen molar-refractivity contribution in [2.24, 2.45) is 5.10 Å². The van der Waals surface area contributed by atoms with Gasteiger partial charge in [-0.15, -0.1) is 11.3 Å². The van der Waals surface area contributed by atoms with E-state index in [0.717, 1.165) is 16.2 Å². The molecule has 0 fully saturated rings. The maximum atomic E-state index is 4.55. The number of pyridine rings is 1. The van der Waals surface area contributed by atoms with Crippen molar-refractivity contribution >= 4 is 34.3 Å². The van der Waals surface area contributed by atoms with Crippen LogP contribution in [0.2, 0.25) is 0 Å². The predicted molar refractivity (Wildman–Crippen MR) is 86.8 cm³/mol. The number of thiophene rings is 1. The third-order valence-corrected chi connectivity index (χ3v) is 3.99. The van der Waals surface area contributed by atoms with Gasteiger partial charge in [0.1, 0.15) is 5.82 Å². The molecule has 3 aromatic rings. The van der Waals surface area contributed by atoms with E-state index in [2.05, 4.69) is 47.6 Å². The van der Waals surface area contributed by atoms with E-state index in [0.29, 0.717) is 0 Å². The van der Waals surface area contributed by atoms with Gasteiger partial charge in [-0.1, -0.05) is 18.2 Å². The zero-order valence-corrected chi connectivity index (χ0v) is 12.2. The van der Waals surface area contributed by atoms with Gasteiger partial charge in [0.2, 0.25) is 0 Å². The van der Waals surface area contributed by atoms with Crippen molar-refractivity contribution in [1.29, 1.82) is 0 Å². The fraction of sp³-hybridized carbons (Fsp3) is 0.125. The molecule has 0 radical (unpaired) electrons. The maximum absolute atomic E-state index is 4.55. The number of nitrogens with one attached hydrogen (secondary N) is 1. The summed E-state index contributed by atoms with van der Waals surface area (Å²) in [5.74, 6) is 0.769. The van der Waals surface area contributed by atoms with Gasteiger partial charge in [0.05, 0.1) is 11.7 Å². The van der Waals surface area contributed by atoms with Gasteiger partial charge in [-0.2, -0.15) is 5.10 Å². The molecular formula is C16H15N3S. The Labute approximate surface area is 122 Å². The zero-order chi connectivity index (χ0) is 13.9. The molecule has 0 aliphatic heterocycles. The Morgan fingerprint density at radius 3 is 2.80 bits per heavy atom. The van der Waals surface area contributed by atoms with Crippen molar-refractivity contribution in [2.45, 2.75) is 13.8 Å². The molecule has 1 N–H and O–H groups in total. The van der Waals surface area contributed by atoms with Gasteiger partial charge in [-0.3, -0.25) is 5.43 Å².